The first-order valence-corrected chi connectivity index (χ1v) is 7.51. The minimum Gasteiger partial charge on any atom is -0.321 e. The molecule has 0 spiro atoms. The quantitative estimate of drug-likeness (QED) is 0.765. The van der Waals surface area contributed by atoms with Gasteiger partial charge in [0.05, 0.1) is 22.3 Å². The third kappa shape index (κ3) is 2.75. The molecule has 1 heterocycles. The fraction of sp³-hybridized carbons (Fsp3) is 0.0556. The first-order valence-electron chi connectivity index (χ1n) is 7.13. The van der Waals surface area contributed by atoms with Gasteiger partial charge in [0.1, 0.15) is 6.07 Å². The van der Waals surface area contributed by atoms with Gasteiger partial charge in [-0.05, 0) is 24.3 Å². The first-order chi connectivity index (χ1) is 11.5. The maximum absolute atomic E-state index is 12.6. The fourth-order valence-corrected chi connectivity index (χ4v) is 2.69. The molecule has 3 aromatic rings. The first kappa shape index (κ1) is 15.8. The number of hydrogen-bond acceptors (Lipinski definition) is 3. The summed E-state index contributed by atoms with van der Waals surface area (Å²) in [6.45, 7) is 1.41. The van der Waals surface area contributed by atoms with E-state index < -0.39 is 5.91 Å². The van der Waals surface area contributed by atoms with E-state index >= 15 is 0 Å². The summed E-state index contributed by atoms with van der Waals surface area (Å²) in [5.74, 6) is -0.622. The molecule has 5 nitrogen and oxygen atoms in total. The van der Waals surface area contributed by atoms with E-state index in [-0.39, 0.29) is 5.91 Å². The molecule has 0 bridgehead atoms. The van der Waals surface area contributed by atoms with Crippen LogP contribution in [0.4, 0.5) is 5.69 Å². The lowest BCUT2D eigenvalue weighted by molar-refractivity contribution is 0.0941. The van der Waals surface area contributed by atoms with Crippen LogP contribution in [0.2, 0.25) is 5.02 Å². The van der Waals surface area contributed by atoms with Crippen LogP contribution in [-0.2, 0) is 0 Å². The van der Waals surface area contributed by atoms with E-state index in [4.69, 9.17) is 16.9 Å². The Kier molecular flexibility index (Phi) is 4.07. The lowest BCUT2D eigenvalue weighted by atomic mass is 10.1. The van der Waals surface area contributed by atoms with E-state index in [1.165, 1.54) is 17.7 Å². The molecule has 0 aliphatic heterocycles. The summed E-state index contributed by atoms with van der Waals surface area (Å²) >= 11 is 5.99. The number of fused-ring (bicyclic) bond motifs is 1. The van der Waals surface area contributed by atoms with Gasteiger partial charge in [0.2, 0.25) is 5.91 Å². The Morgan fingerprint density at radius 2 is 1.96 bits per heavy atom. The number of carbonyl (C=O) groups excluding carboxylic acids is 2. The van der Waals surface area contributed by atoms with Crippen LogP contribution in [0.3, 0.4) is 0 Å². The summed E-state index contributed by atoms with van der Waals surface area (Å²) in [6.07, 6.45) is 1.48. The number of nitriles is 1. The van der Waals surface area contributed by atoms with Crippen molar-refractivity contribution in [3.63, 3.8) is 0 Å². The lowest BCUT2D eigenvalue weighted by Crippen LogP contribution is -2.12. The number of hydrogen-bond donors (Lipinski definition) is 1. The van der Waals surface area contributed by atoms with Gasteiger partial charge in [0.15, 0.2) is 0 Å². The van der Waals surface area contributed by atoms with Crippen molar-refractivity contribution >= 4 is 40.0 Å². The van der Waals surface area contributed by atoms with Gasteiger partial charge >= 0.3 is 0 Å². The molecule has 3 rings (SSSR count). The van der Waals surface area contributed by atoms with Crippen molar-refractivity contribution in [2.45, 2.75) is 6.92 Å². The van der Waals surface area contributed by atoms with Gasteiger partial charge in [0.25, 0.3) is 5.91 Å². The van der Waals surface area contributed by atoms with E-state index in [1.54, 1.807) is 42.5 Å². The monoisotopic (exact) mass is 337 g/mol. The minimum absolute atomic E-state index is 0.223. The second kappa shape index (κ2) is 6.19. The van der Waals surface area contributed by atoms with Crippen LogP contribution in [0, 0.1) is 11.3 Å². The fourth-order valence-electron chi connectivity index (χ4n) is 2.52. The summed E-state index contributed by atoms with van der Waals surface area (Å²) in [6, 6.07) is 13.7. The molecule has 6 heteroatoms. The molecule has 0 saturated carbocycles. The zero-order chi connectivity index (χ0) is 17.3. The molecule has 0 saturated heterocycles. The van der Waals surface area contributed by atoms with Crippen molar-refractivity contribution < 1.29 is 9.59 Å². The van der Waals surface area contributed by atoms with Crippen LogP contribution in [0.25, 0.3) is 10.9 Å². The Labute approximate surface area is 143 Å². The molecule has 0 aliphatic carbocycles. The molecule has 24 heavy (non-hydrogen) atoms. The third-order valence-electron chi connectivity index (χ3n) is 3.65. The van der Waals surface area contributed by atoms with Crippen LogP contribution < -0.4 is 5.32 Å². The standard InChI is InChI=1S/C18H12ClN3O2/c1-11(23)22-10-15(14-7-6-13(19)8-17(14)22)18(24)21-16-5-3-2-4-12(16)9-20/h2-8,10H,1H3,(H,21,24). The normalized spacial score (nSPS) is 10.4. The number of halogens is 1. The summed E-state index contributed by atoms with van der Waals surface area (Å²) < 4.78 is 1.38. The summed E-state index contributed by atoms with van der Waals surface area (Å²) in [5.41, 5.74) is 1.69. The maximum atomic E-state index is 12.6. The van der Waals surface area contributed by atoms with Gasteiger partial charge in [-0.1, -0.05) is 29.8 Å². The van der Waals surface area contributed by atoms with E-state index in [0.29, 0.717) is 32.7 Å². The largest absolute Gasteiger partial charge is 0.321 e. The molecule has 0 unspecified atom stereocenters. The van der Waals surface area contributed by atoms with Crippen LogP contribution in [-0.4, -0.2) is 16.4 Å². The average Bonchev–Trinajstić information content (AvgIpc) is 2.94. The minimum atomic E-state index is -0.398. The van der Waals surface area contributed by atoms with E-state index in [9.17, 15) is 9.59 Å². The molecular formula is C18H12ClN3O2. The number of benzene rings is 2. The van der Waals surface area contributed by atoms with E-state index in [1.807, 2.05) is 6.07 Å². The van der Waals surface area contributed by atoms with Crippen molar-refractivity contribution in [3.05, 3.63) is 64.8 Å². The second-order valence-corrected chi connectivity index (χ2v) is 5.64. The number of para-hydroxylation sites is 1. The number of nitrogens with zero attached hydrogens (tertiary/aromatic N) is 2. The maximum Gasteiger partial charge on any atom is 0.257 e. The molecule has 0 atom stereocenters. The second-order valence-electron chi connectivity index (χ2n) is 5.20. The predicted molar refractivity (Wildman–Crippen MR) is 92.4 cm³/mol. The Balaban J connectivity index is 2.08. The van der Waals surface area contributed by atoms with Crippen molar-refractivity contribution in [1.29, 1.82) is 5.26 Å². The average molecular weight is 338 g/mol. The van der Waals surface area contributed by atoms with Crippen molar-refractivity contribution in [3.8, 4) is 6.07 Å². The molecule has 1 N–H and O–H groups in total. The molecule has 1 amide bonds. The van der Waals surface area contributed by atoms with Gasteiger partial charge < -0.3 is 5.32 Å². The molecule has 118 valence electrons. The van der Waals surface area contributed by atoms with Crippen molar-refractivity contribution in [1.82, 2.24) is 4.57 Å². The molecule has 0 aliphatic rings. The number of anilines is 1. The van der Waals surface area contributed by atoms with Crippen LogP contribution in [0.5, 0.6) is 0 Å². The Morgan fingerprint density at radius 1 is 1.21 bits per heavy atom. The number of carbonyl (C=O) groups is 2. The molecule has 0 radical (unpaired) electrons. The third-order valence-corrected chi connectivity index (χ3v) is 3.88. The van der Waals surface area contributed by atoms with Crippen molar-refractivity contribution in [2.75, 3.05) is 5.32 Å². The van der Waals surface area contributed by atoms with E-state index in [2.05, 4.69) is 5.32 Å². The summed E-state index contributed by atoms with van der Waals surface area (Å²) in [7, 11) is 0. The summed E-state index contributed by atoms with van der Waals surface area (Å²) in [5, 5.41) is 12.9. The topological polar surface area (TPSA) is 74.9 Å². The highest BCUT2D eigenvalue weighted by molar-refractivity contribution is 6.31. The van der Waals surface area contributed by atoms with Crippen LogP contribution in [0.1, 0.15) is 27.6 Å². The number of amides is 1. The zero-order valence-corrected chi connectivity index (χ0v) is 13.5. The molecular weight excluding hydrogens is 326 g/mol. The number of aromatic nitrogens is 1. The molecule has 2 aromatic carbocycles. The van der Waals surface area contributed by atoms with Gasteiger partial charge in [-0.2, -0.15) is 5.26 Å². The highest BCUT2D eigenvalue weighted by atomic mass is 35.5. The number of rotatable bonds is 2. The Bertz CT molecular complexity index is 1010. The van der Waals surface area contributed by atoms with Gasteiger partial charge in [-0.15, -0.1) is 0 Å². The number of nitrogens with one attached hydrogen (secondary N) is 1. The SMILES string of the molecule is CC(=O)n1cc(C(=O)Nc2ccccc2C#N)c2ccc(Cl)cc21. The Morgan fingerprint density at radius 3 is 2.67 bits per heavy atom. The Hall–Kier alpha value is -3.10. The zero-order valence-electron chi connectivity index (χ0n) is 12.7. The van der Waals surface area contributed by atoms with Gasteiger partial charge in [-0.25, -0.2) is 0 Å². The van der Waals surface area contributed by atoms with Gasteiger partial charge in [-0.3, -0.25) is 14.2 Å². The molecule has 0 fully saturated rings. The molecule has 1 aromatic heterocycles. The van der Waals surface area contributed by atoms with Crippen LogP contribution in [0.15, 0.2) is 48.7 Å². The van der Waals surface area contributed by atoms with Crippen LogP contribution >= 0.6 is 11.6 Å². The highest BCUT2D eigenvalue weighted by Gasteiger charge is 2.18. The highest BCUT2D eigenvalue weighted by Crippen LogP contribution is 2.26. The summed E-state index contributed by atoms with van der Waals surface area (Å²) in [4.78, 5) is 24.4. The van der Waals surface area contributed by atoms with Crippen molar-refractivity contribution in [2.24, 2.45) is 0 Å². The van der Waals surface area contributed by atoms with Gasteiger partial charge in [0, 0.05) is 23.5 Å². The predicted octanol–water partition coefficient (Wildman–Crippen LogP) is 4.08. The van der Waals surface area contributed by atoms with E-state index in [0.717, 1.165) is 0 Å². The lowest BCUT2D eigenvalue weighted by Gasteiger charge is -2.06. The smallest absolute Gasteiger partial charge is 0.257 e.